The molecule has 1 aliphatic carbocycles. The molecule has 3 heteroatoms. The summed E-state index contributed by atoms with van der Waals surface area (Å²) in [4.78, 5) is 11.3. The van der Waals surface area contributed by atoms with Crippen LogP contribution in [-0.4, -0.2) is 23.8 Å². The molecule has 1 N–H and O–H groups in total. The molecule has 0 saturated heterocycles. The Morgan fingerprint density at radius 2 is 1.93 bits per heavy atom. The van der Waals surface area contributed by atoms with Crippen molar-refractivity contribution >= 4 is 5.97 Å². The van der Waals surface area contributed by atoms with Crippen molar-refractivity contribution < 1.29 is 14.6 Å². The molecule has 0 spiro atoms. The number of hydrogen-bond acceptors (Lipinski definition) is 3. The topological polar surface area (TPSA) is 46.5 Å². The van der Waals surface area contributed by atoms with Crippen LogP contribution in [0.4, 0.5) is 0 Å². The molecule has 0 aromatic heterocycles. The first-order valence-corrected chi connectivity index (χ1v) is 5.30. The lowest BCUT2D eigenvalue weighted by molar-refractivity contribution is -0.167. The lowest BCUT2D eigenvalue weighted by atomic mass is 9.74. The molecule has 1 aliphatic rings. The third-order valence-corrected chi connectivity index (χ3v) is 3.37. The molecule has 0 heterocycles. The van der Waals surface area contributed by atoms with E-state index in [0.29, 0.717) is 24.7 Å². The van der Waals surface area contributed by atoms with E-state index in [4.69, 9.17) is 0 Å². The summed E-state index contributed by atoms with van der Waals surface area (Å²) in [6.07, 6.45) is 2.93. The Kier molecular flexibility index (Phi) is 3.53. The highest BCUT2D eigenvalue weighted by molar-refractivity contribution is 5.79. The Morgan fingerprint density at radius 1 is 1.43 bits per heavy atom. The fourth-order valence-electron chi connectivity index (χ4n) is 2.18. The van der Waals surface area contributed by atoms with Crippen molar-refractivity contribution in [2.24, 2.45) is 11.8 Å². The summed E-state index contributed by atoms with van der Waals surface area (Å²) < 4.78 is 4.60. The van der Waals surface area contributed by atoms with Gasteiger partial charge in [0.15, 0.2) is 5.60 Å². The Bertz CT molecular complexity index is 203. The first-order valence-electron chi connectivity index (χ1n) is 5.30. The van der Waals surface area contributed by atoms with Crippen LogP contribution in [-0.2, 0) is 9.53 Å². The molecule has 3 nitrogen and oxygen atoms in total. The van der Waals surface area contributed by atoms with E-state index >= 15 is 0 Å². The van der Waals surface area contributed by atoms with Crippen LogP contribution in [0, 0.1) is 11.8 Å². The molecule has 1 rings (SSSR count). The molecule has 0 bridgehead atoms. The zero-order valence-electron chi connectivity index (χ0n) is 9.25. The minimum Gasteiger partial charge on any atom is -0.467 e. The average molecular weight is 200 g/mol. The van der Waals surface area contributed by atoms with Crippen LogP contribution < -0.4 is 0 Å². The molecule has 0 aromatic rings. The van der Waals surface area contributed by atoms with Gasteiger partial charge < -0.3 is 9.84 Å². The Morgan fingerprint density at radius 3 is 2.29 bits per heavy atom. The van der Waals surface area contributed by atoms with Crippen LogP contribution in [0.3, 0.4) is 0 Å². The number of hydrogen-bond donors (Lipinski definition) is 1. The molecule has 82 valence electrons. The predicted octanol–water partition coefficient (Wildman–Crippen LogP) is 1.74. The predicted molar refractivity (Wildman–Crippen MR) is 53.8 cm³/mol. The maximum Gasteiger partial charge on any atom is 0.337 e. The van der Waals surface area contributed by atoms with Crippen LogP contribution in [0.15, 0.2) is 0 Å². The van der Waals surface area contributed by atoms with Crippen molar-refractivity contribution in [3.05, 3.63) is 0 Å². The molecule has 1 fully saturated rings. The monoisotopic (exact) mass is 200 g/mol. The van der Waals surface area contributed by atoms with E-state index in [-0.39, 0.29) is 0 Å². The van der Waals surface area contributed by atoms with Crippen LogP contribution in [0.2, 0.25) is 0 Å². The van der Waals surface area contributed by atoms with Gasteiger partial charge in [-0.05, 0) is 37.5 Å². The molecular weight excluding hydrogens is 180 g/mol. The van der Waals surface area contributed by atoms with Crippen molar-refractivity contribution in [1.29, 1.82) is 0 Å². The number of rotatable bonds is 2. The van der Waals surface area contributed by atoms with Crippen LogP contribution in [0.5, 0.6) is 0 Å². The first kappa shape index (κ1) is 11.5. The molecule has 0 aliphatic heterocycles. The summed E-state index contributed by atoms with van der Waals surface area (Å²) >= 11 is 0. The molecule has 0 radical (unpaired) electrons. The lowest BCUT2D eigenvalue weighted by Gasteiger charge is -2.35. The summed E-state index contributed by atoms with van der Waals surface area (Å²) in [5.74, 6) is 0.803. The minimum atomic E-state index is -1.21. The quantitative estimate of drug-likeness (QED) is 0.691. The minimum absolute atomic E-state index is 0.472. The molecule has 0 unspecified atom stereocenters. The van der Waals surface area contributed by atoms with Crippen molar-refractivity contribution in [3.8, 4) is 0 Å². The second kappa shape index (κ2) is 4.30. The van der Waals surface area contributed by atoms with Gasteiger partial charge in [-0.25, -0.2) is 4.79 Å². The van der Waals surface area contributed by atoms with E-state index in [2.05, 4.69) is 18.6 Å². The van der Waals surface area contributed by atoms with Crippen LogP contribution >= 0.6 is 0 Å². The van der Waals surface area contributed by atoms with Crippen molar-refractivity contribution in [2.45, 2.75) is 45.1 Å². The summed E-state index contributed by atoms with van der Waals surface area (Å²) in [6, 6.07) is 0. The van der Waals surface area contributed by atoms with Gasteiger partial charge in [0.2, 0.25) is 0 Å². The van der Waals surface area contributed by atoms with Crippen LogP contribution in [0.25, 0.3) is 0 Å². The van der Waals surface area contributed by atoms with Gasteiger partial charge in [0.25, 0.3) is 0 Å². The fourth-order valence-corrected chi connectivity index (χ4v) is 2.18. The van der Waals surface area contributed by atoms with E-state index in [0.717, 1.165) is 12.8 Å². The third-order valence-electron chi connectivity index (χ3n) is 3.37. The summed E-state index contributed by atoms with van der Waals surface area (Å²) in [7, 11) is 1.33. The molecular formula is C11H20O3. The molecule has 0 atom stereocenters. The van der Waals surface area contributed by atoms with Gasteiger partial charge in [-0.15, -0.1) is 0 Å². The van der Waals surface area contributed by atoms with Crippen molar-refractivity contribution in [3.63, 3.8) is 0 Å². The standard InChI is InChI=1S/C11H20O3/c1-8(2)9-4-6-11(13,7-5-9)10(12)14-3/h8-9,13H,4-7H2,1-3H3. The second-order valence-electron chi connectivity index (χ2n) is 4.60. The summed E-state index contributed by atoms with van der Waals surface area (Å²) in [6.45, 7) is 4.38. The van der Waals surface area contributed by atoms with E-state index in [9.17, 15) is 9.90 Å². The number of carbonyl (C=O) groups is 1. The normalized spacial score (nSPS) is 33.1. The summed E-state index contributed by atoms with van der Waals surface area (Å²) in [5.41, 5.74) is -1.21. The van der Waals surface area contributed by atoms with Gasteiger partial charge in [0, 0.05) is 0 Å². The van der Waals surface area contributed by atoms with Gasteiger partial charge in [-0.3, -0.25) is 0 Å². The van der Waals surface area contributed by atoms with Gasteiger partial charge >= 0.3 is 5.97 Å². The van der Waals surface area contributed by atoms with E-state index < -0.39 is 11.6 Å². The zero-order chi connectivity index (χ0) is 10.8. The number of carbonyl (C=O) groups excluding carboxylic acids is 1. The maximum absolute atomic E-state index is 11.3. The maximum atomic E-state index is 11.3. The Labute approximate surface area is 85.5 Å². The van der Waals surface area contributed by atoms with Gasteiger partial charge in [0.1, 0.15) is 0 Å². The molecule has 1 saturated carbocycles. The van der Waals surface area contributed by atoms with E-state index in [1.54, 1.807) is 0 Å². The SMILES string of the molecule is COC(=O)C1(O)CCC(C(C)C)CC1. The molecule has 14 heavy (non-hydrogen) atoms. The van der Waals surface area contributed by atoms with Gasteiger partial charge in [-0.2, -0.15) is 0 Å². The smallest absolute Gasteiger partial charge is 0.337 e. The number of esters is 1. The van der Waals surface area contributed by atoms with Crippen molar-refractivity contribution in [2.75, 3.05) is 7.11 Å². The Balaban J connectivity index is 2.53. The van der Waals surface area contributed by atoms with E-state index in [1.807, 2.05) is 0 Å². The number of methoxy groups -OCH3 is 1. The first-order chi connectivity index (χ1) is 6.49. The van der Waals surface area contributed by atoms with Crippen LogP contribution in [0.1, 0.15) is 39.5 Å². The average Bonchev–Trinajstić information content (AvgIpc) is 2.17. The zero-order valence-corrected chi connectivity index (χ0v) is 9.25. The summed E-state index contributed by atoms with van der Waals surface area (Å²) in [5, 5.41) is 9.96. The third kappa shape index (κ3) is 2.27. The van der Waals surface area contributed by atoms with Crippen molar-refractivity contribution in [1.82, 2.24) is 0 Å². The highest BCUT2D eigenvalue weighted by Crippen LogP contribution is 2.36. The highest BCUT2D eigenvalue weighted by atomic mass is 16.5. The number of ether oxygens (including phenoxy) is 1. The van der Waals surface area contributed by atoms with Gasteiger partial charge in [0.05, 0.1) is 7.11 Å². The number of aliphatic hydroxyl groups is 1. The highest BCUT2D eigenvalue weighted by Gasteiger charge is 2.41. The molecule has 0 aromatic carbocycles. The fraction of sp³-hybridized carbons (Fsp3) is 0.909. The van der Waals surface area contributed by atoms with E-state index in [1.165, 1.54) is 7.11 Å². The lowest BCUT2D eigenvalue weighted by Crippen LogP contribution is -2.43. The molecule has 0 amide bonds. The van der Waals surface area contributed by atoms with Gasteiger partial charge in [-0.1, -0.05) is 13.8 Å². The second-order valence-corrected chi connectivity index (χ2v) is 4.60. The Hall–Kier alpha value is -0.570. The largest absolute Gasteiger partial charge is 0.467 e.